The number of hydrogen-bond donors (Lipinski definition) is 0. The molecule has 2 aromatic rings. The average Bonchev–Trinajstić information content (AvgIpc) is 2.90. The Morgan fingerprint density at radius 3 is 2.28 bits per heavy atom. The van der Waals surface area contributed by atoms with Gasteiger partial charge < -0.3 is 9.47 Å². The monoisotopic (exact) mass is 357 g/mol. The SMILES string of the molecule is COc1cc(SC)ccc1C(=O)OCN1C(=O)c2ccccc2C1=O. The standard InChI is InChI=1S/C18H15NO5S/c1-23-15-9-11(25-2)7-8-14(15)18(22)24-10-19-16(20)12-5-3-4-6-13(12)17(19)21/h3-9H,10H2,1-2H3. The zero-order chi connectivity index (χ0) is 18.0. The van der Waals surface area contributed by atoms with Gasteiger partial charge in [-0.25, -0.2) is 9.69 Å². The van der Waals surface area contributed by atoms with Crippen LogP contribution in [0.2, 0.25) is 0 Å². The molecule has 1 heterocycles. The van der Waals surface area contributed by atoms with E-state index in [-0.39, 0.29) is 5.56 Å². The van der Waals surface area contributed by atoms with Crippen molar-refractivity contribution in [3.8, 4) is 5.75 Å². The van der Waals surface area contributed by atoms with E-state index in [4.69, 9.17) is 9.47 Å². The van der Waals surface area contributed by atoms with Crippen LogP contribution in [0, 0.1) is 0 Å². The Kier molecular flexibility index (Phi) is 4.76. The van der Waals surface area contributed by atoms with E-state index < -0.39 is 24.5 Å². The van der Waals surface area contributed by atoms with Gasteiger partial charge in [-0.3, -0.25) is 9.59 Å². The fourth-order valence-electron chi connectivity index (χ4n) is 2.52. The molecular formula is C18H15NO5S. The molecule has 2 aromatic carbocycles. The van der Waals surface area contributed by atoms with Crippen LogP contribution in [0.25, 0.3) is 0 Å². The van der Waals surface area contributed by atoms with E-state index in [2.05, 4.69) is 0 Å². The maximum absolute atomic E-state index is 12.3. The highest BCUT2D eigenvalue weighted by molar-refractivity contribution is 7.98. The fourth-order valence-corrected chi connectivity index (χ4v) is 2.95. The summed E-state index contributed by atoms with van der Waals surface area (Å²) < 4.78 is 10.4. The molecule has 0 radical (unpaired) electrons. The third kappa shape index (κ3) is 3.10. The van der Waals surface area contributed by atoms with Gasteiger partial charge in [0.15, 0.2) is 6.73 Å². The first-order valence-electron chi connectivity index (χ1n) is 7.41. The van der Waals surface area contributed by atoms with E-state index in [0.717, 1.165) is 9.80 Å². The Bertz CT molecular complexity index is 829. The molecule has 6 nitrogen and oxygen atoms in total. The van der Waals surface area contributed by atoms with Gasteiger partial charge in [0.05, 0.1) is 18.2 Å². The van der Waals surface area contributed by atoms with E-state index >= 15 is 0 Å². The molecule has 3 rings (SSSR count). The lowest BCUT2D eigenvalue weighted by Crippen LogP contribution is -2.33. The largest absolute Gasteiger partial charge is 0.496 e. The number of carbonyl (C=O) groups is 3. The molecular weight excluding hydrogens is 342 g/mol. The molecule has 128 valence electrons. The first-order chi connectivity index (χ1) is 12.1. The van der Waals surface area contributed by atoms with Crippen molar-refractivity contribution in [3.05, 3.63) is 59.2 Å². The predicted molar refractivity (Wildman–Crippen MR) is 92.0 cm³/mol. The fraction of sp³-hybridized carbons (Fsp3) is 0.167. The number of carbonyl (C=O) groups excluding carboxylic acids is 3. The minimum atomic E-state index is -0.666. The van der Waals surface area contributed by atoms with Crippen LogP contribution in [0.15, 0.2) is 47.4 Å². The molecule has 0 spiro atoms. The molecule has 2 amide bonds. The van der Waals surface area contributed by atoms with Gasteiger partial charge in [-0.15, -0.1) is 11.8 Å². The Hall–Kier alpha value is -2.80. The van der Waals surface area contributed by atoms with E-state index in [1.807, 2.05) is 6.26 Å². The number of fused-ring (bicyclic) bond motifs is 1. The number of imide groups is 1. The molecule has 0 aromatic heterocycles. The smallest absolute Gasteiger partial charge is 0.343 e. The number of esters is 1. The topological polar surface area (TPSA) is 72.9 Å². The van der Waals surface area contributed by atoms with Crippen molar-refractivity contribution < 1.29 is 23.9 Å². The molecule has 0 fully saturated rings. The highest BCUT2D eigenvalue weighted by atomic mass is 32.2. The Labute approximate surface area is 148 Å². The van der Waals surface area contributed by atoms with E-state index in [1.165, 1.54) is 18.9 Å². The van der Waals surface area contributed by atoms with Gasteiger partial charge in [-0.1, -0.05) is 12.1 Å². The lowest BCUT2D eigenvalue weighted by molar-refractivity contribution is 0.0226. The van der Waals surface area contributed by atoms with Gasteiger partial charge in [0.1, 0.15) is 11.3 Å². The second kappa shape index (κ2) is 6.98. The summed E-state index contributed by atoms with van der Waals surface area (Å²) in [6, 6.07) is 11.6. The molecule has 0 atom stereocenters. The lowest BCUT2D eigenvalue weighted by Gasteiger charge is -2.15. The molecule has 0 saturated heterocycles. The van der Waals surface area contributed by atoms with Gasteiger partial charge in [0, 0.05) is 4.90 Å². The zero-order valence-corrected chi connectivity index (χ0v) is 14.5. The van der Waals surface area contributed by atoms with Crippen LogP contribution in [-0.4, -0.2) is 42.8 Å². The first kappa shape index (κ1) is 17.0. The molecule has 1 aliphatic heterocycles. The van der Waals surface area contributed by atoms with Crippen LogP contribution >= 0.6 is 11.8 Å². The van der Waals surface area contributed by atoms with Crippen LogP contribution in [0.5, 0.6) is 5.75 Å². The second-order valence-corrected chi connectivity index (χ2v) is 6.09. The summed E-state index contributed by atoms with van der Waals surface area (Å²) in [5.41, 5.74) is 0.854. The molecule has 0 N–H and O–H groups in total. The van der Waals surface area contributed by atoms with Crippen LogP contribution in [0.3, 0.4) is 0 Å². The molecule has 0 saturated carbocycles. The molecule has 0 bridgehead atoms. The average molecular weight is 357 g/mol. The van der Waals surface area contributed by atoms with Gasteiger partial charge in [-0.2, -0.15) is 0 Å². The highest BCUT2D eigenvalue weighted by Gasteiger charge is 2.35. The zero-order valence-electron chi connectivity index (χ0n) is 13.6. The number of nitrogens with zero attached hydrogens (tertiary/aromatic N) is 1. The number of benzene rings is 2. The van der Waals surface area contributed by atoms with Crippen molar-refractivity contribution in [1.82, 2.24) is 4.90 Å². The van der Waals surface area contributed by atoms with Crippen LogP contribution in [0.1, 0.15) is 31.1 Å². The van der Waals surface area contributed by atoms with E-state index in [0.29, 0.717) is 16.9 Å². The summed E-state index contributed by atoms with van der Waals surface area (Å²) in [5.74, 6) is -1.24. The predicted octanol–water partition coefficient (Wildman–Crippen LogP) is 2.83. The van der Waals surface area contributed by atoms with Crippen molar-refractivity contribution >= 4 is 29.5 Å². The molecule has 1 aliphatic rings. The molecule has 7 heteroatoms. The number of methoxy groups -OCH3 is 1. The summed E-state index contributed by atoms with van der Waals surface area (Å²) in [7, 11) is 1.46. The summed E-state index contributed by atoms with van der Waals surface area (Å²) in [6.07, 6.45) is 1.91. The third-order valence-electron chi connectivity index (χ3n) is 3.83. The van der Waals surface area contributed by atoms with E-state index in [9.17, 15) is 14.4 Å². The Morgan fingerprint density at radius 1 is 1.08 bits per heavy atom. The van der Waals surface area contributed by atoms with Crippen molar-refractivity contribution in [2.75, 3.05) is 20.1 Å². The summed E-state index contributed by atoms with van der Waals surface area (Å²) in [5, 5.41) is 0. The van der Waals surface area contributed by atoms with Crippen molar-refractivity contribution in [2.24, 2.45) is 0 Å². The van der Waals surface area contributed by atoms with Crippen molar-refractivity contribution in [3.63, 3.8) is 0 Å². The van der Waals surface area contributed by atoms with Crippen LogP contribution in [0.4, 0.5) is 0 Å². The minimum Gasteiger partial charge on any atom is -0.496 e. The number of amides is 2. The maximum atomic E-state index is 12.3. The van der Waals surface area contributed by atoms with Crippen molar-refractivity contribution in [1.29, 1.82) is 0 Å². The Morgan fingerprint density at radius 2 is 1.72 bits per heavy atom. The molecule has 0 unspecified atom stereocenters. The number of hydrogen-bond acceptors (Lipinski definition) is 6. The third-order valence-corrected chi connectivity index (χ3v) is 4.56. The van der Waals surface area contributed by atoms with Gasteiger partial charge in [-0.05, 0) is 36.6 Å². The molecule has 25 heavy (non-hydrogen) atoms. The van der Waals surface area contributed by atoms with Gasteiger partial charge in [0.25, 0.3) is 11.8 Å². The first-order valence-corrected chi connectivity index (χ1v) is 8.63. The van der Waals surface area contributed by atoms with Crippen LogP contribution in [-0.2, 0) is 4.74 Å². The quantitative estimate of drug-likeness (QED) is 0.465. The van der Waals surface area contributed by atoms with Gasteiger partial charge in [0.2, 0.25) is 0 Å². The number of thioether (sulfide) groups is 1. The summed E-state index contributed by atoms with van der Waals surface area (Å²) >= 11 is 1.52. The maximum Gasteiger partial charge on any atom is 0.343 e. The van der Waals surface area contributed by atoms with E-state index in [1.54, 1.807) is 42.5 Å². The van der Waals surface area contributed by atoms with Crippen molar-refractivity contribution in [2.45, 2.75) is 4.90 Å². The normalized spacial score (nSPS) is 13.0. The van der Waals surface area contributed by atoms with Crippen LogP contribution < -0.4 is 4.74 Å². The Balaban J connectivity index is 1.74. The lowest BCUT2D eigenvalue weighted by atomic mass is 10.1. The summed E-state index contributed by atoms with van der Waals surface area (Å²) in [4.78, 5) is 38.7. The number of rotatable bonds is 5. The minimum absolute atomic E-state index is 0.233. The highest BCUT2D eigenvalue weighted by Crippen LogP contribution is 2.27. The number of ether oxygens (including phenoxy) is 2. The summed E-state index contributed by atoms with van der Waals surface area (Å²) in [6.45, 7) is -0.446. The molecule has 0 aliphatic carbocycles. The van der Waals surface area contributed by atoms with Gasteiger partial charge >= 0.3 is 5.97 Å². The second-order valence-electron chi connectivity index (χ2n) is 5.21.